The molecule has 7 heteroatoms. The topological polar surface area (TPSA) is 71.5 Å². The number of halogens is 1. The number of amides is 2. The highest BCUT2D eigenvalue weighted by Crippen LogP contribution is 2.37. The number of fused-ring (bicyclic) bond motifs is 1. The summed E-state index contributed by atoms with van der Waals surface area (Å²) in [7, 11) is 0. The van der Waals surface area contributed by atoms with Crippen LogP contribution in [0.3, 0.4) is 0 Å². The zero-order chi connectivity index (χ0) is 21.8. The zero-order valence-electron chi connectivity index (χ0n) is 17.0. The van der Waals surface area contributed by atoms with E-state index < -0.39 is 6.10 Å². The lowest BCUT2D eigenvalue weighted by Crippen LogP contribution is -2.42. The van der Waals surface area contributed by atoms with Crippen molar-refractivity contribution in [3.8, 4) is 5.75 Å². The lowest BCUT2D eigenvalue weighted by atomic mass is 10.1. The Kier molecular flexibility index (Phi) is 6.32. The summed E-state index contributed by atoms with van der Waals surface area (Å²) < 4.78 is 6.95. The molecular weight excluding hydrogens is 458 g/mol. The first-order chi connectivity index (χ1) is 15.0. The van der Waals surface area contributed by atoms with Crippen LogP contribution >= 0.6 is 15.9 Å². The van der Waals surface area contributed by atoms with Gasteiger partial charge in [0.2, 0.25) is 12.0 Å². The van der Waals surface area contributed by atoms with Crippen molar-refractivity contribution in [1.29, 1.82) is 0 Å². The Morgan fingerprint density at radius 3 is 2.74 bits per heavy atom. The normalized spacial score (nSPS) is 15.2. The third kappa shape index (κ3) is 4.77. The molecule has 4 rings (SSSR count). The molecule has 3 aromatic rings. The molecule has 1 atom stereocenters. The van der Waals surface area contributed by atoms with Gasteiger partial charge in [0.1, 0.15) is 0 Å². The molecule has 6 nitrogen and oxygen atoms in total. The molecule has 0 radical (unpaired) electrons. The van der Waals surface area contributed by atoms with E-state index in [9.17, 15) is 9.59 Å². The number of nitrogens with zero attached hydrogens (tertiary/aromatic N) is 2. The number of rotatable bonds is 6. The average molecular weight is 480 g/mol. The van der Waals surface area contributed by atoms with E-state index in [0.717, 1.165) is 21.3 Å². The molecule has 1 aliphatic rings. The van der Waals surface area contributed by atoms with E-state index in [1.54, 1.807) is 23.2 Å². The minimum atomic E-state index is -0.725. The second-order valence-corrected chi connectivity index (χ2v) is 8.19. The lowest BCUT2D eigenvalue weighted by molar-refractivity contribution is -0.127. The van der Waals surface area contributed by atoms with Crippen LogP contribution in [0.15, 0.2) is 71.3 Å². The molecule has 1 aromatic heterocycles. The van der Waals surface area contributed by atoms with Gasteiger partial charge < -0.3 is 10.1 Å². The second-order valence-electron chi connectivity index (χ2n) is 7.34. The van der Waals surface area contributed by atoms with E-state index in [1.807, 2.05) is 55.5 Å². The van der Waals surface area contributed by atoms with Crippen molar-refractivity contribution in [2.75, 3.05) is 16.8 Å². The second kappa shape index (κ2) is 9.31. The molecular formula is C24H22BrN3O3. The standard InChI is InChI=1S/C24H22BrN3O3/c1-16-15-18(11-12-19(16)25)27-21(29)10-6-14-28-23-20(9-5-13-26-23)31-22(24(28)30)17-7-3-2-4-8-17/h2-5,7-9,11-13,15,22H,6,10,14H2,1H3,(H,27,29)/t22-/m0/s1. The number of benzene rings is 2. The molecule has 1 N–H and O–H groups in total. The Morgan fingerprint density at radius 1 is 1.16 bits per heavy atom. The van der Waals surface area contributed by atoms with Gasteiger partial charge in [-0.3, -0.25) is 14.5 Å². The Labute approximate surface area is 189 Å². The Hall–Kier alpha value is -3.19. The molecule has 0 saturated heterocycles. The lowest BCUT2D eigenvalue weighted by Gasteiger charge is -2.33. The fourth-order valence-corrected chi connectivity index (χ4v) is 3.75. The van der Waals surface area contributed by atoms with Crippen LogP contribution in [0.5, 0.6) is 5.75 Å². The van der Waals surface area contributed by atoms with Gasteiger partial charge in [0.25, 0.3) is 5.91 Å². The van der Waals surface area contributed by atoms with Gasteiger partial charge in [0.05, 0.1) is 0 Å². The van der Waals surface area contributed by atoms with Crippen LogP contribution in [-0.4, -0.2) is 23.3 Å². The number of anilines is 2. The highest BCUT2D eigenvalue weighted by atomic mass is 79.9. The van der Waals surface area contributed by atoms with E-state index in [-0.39, 0.29) is 18.2 Å². The molecule has 0 fully saturated rings. The van der Waals surface area contributed by atoms with Gasteiger partial charge in [-0.1, -0.05) is 46.3 Å². The first-order valence-corrected chi connectivity index (χ1v) is 10.9. The van der Waals surface area contributed by atoms with E-state index in [1.165, 1.54) is 0 Å². The van der Waals surface area contributed by atoms with Crippen molar-refractivity contribution in [1.82, 2.24) is 4.98 Å². The SMILES string of the molecule is Cc1cc(NC(=O)CCCN2C(=O)[C@H](c3ccccc3)Oc3cccnc32)ccc1Br. The fourth-order valence-electron chi connectivity index (χ4n) is 3.50. The summed E-state index contributed by atoms with van der Waals surface area (Å²) in [6, 6.07) is 18.7. The number of carbonyl (C=O) groups excluding carboxylic acids is 2. The number of aromatic nitrogens is 1. The number of pyridine rings is 1. The van der Waals surface area contributed by atoms with Gasteiger partial charge in [0.15, 0.2) is 11.6 Å². The number of carbonyl (C=O) groups is 2. The maximum atomic E-state index is 13.2. The predicted octanol–water partition coefficient (Wildman–Crippen LogP) is 5.04. The van der Waals surface area contributed by atoms with Gasteiger partial charge in [-0.05, 0) is 49.2 Å². The van der Waals surface area contributed by atoms with Gasteiger partial charge in [-0.2, -0.15) is 0 Å². The van der Waals surface area contributed by atoms with E-state index in [2.05, 4.69) is 26.2 Å². The van der Waals surface area contributed by atoms with Crippen LogP contribution in [0, 0.1) is 6.92 Å². The van der Waals surface area contributed by atoms with Gasteiger partial charge >= 0.3 is 0 Å². The minimum absolute atomic E-state index is 0.0942. The maximum Gasteiger partial charge on any atom is 0.274 e. The summed E-state index contributed by atoms with van der Waals surface area (Å²) in [4.78, 5) is 31.5. The maximum absolute atomic E-state index is 13.2. The summed E-state index contributed by atoms with van der Waals surface area (Å²) in [5, 5.41) is 2.91. The smallest absolute Gasteiger partial charge is 0.274 e. The Balaban J connectivity index is 1.43. The minimum Gasteiger partial charge on any atom is -0.472 e. The van der Waals surface area contributed by atoms with Crippen LogP contribution in [0.1, 0.15) is 30.1 Å². The Morgan fingerprint density at radius 2 is 1.97 bits per heavy atom. The molecule has 0 aliphatic carbocycles. The largest absolute Gasteiger partial charge is 0.472 e. The Bertz CT molecular complexity index is 1100. The predicted molar refractivity (Wildman–Crippen MR) is 123 cm³/mol. The van der Waals surface area contributed by atoms with Gasteiger partial charge in [0, 0.05) is 34.9 Å². The molecule has 0 unspecified atom stereocenters. The molecule has 0 bridgehead atoms. The summed E-state index contributed by atoms with van der Waals surface area (Å²) >= 11 is 3.46. The number of hydrogen-bond donors (Lipinski definition) is 1. The van der Waals surface area contributed by atoms with Crippen LogP contribution in [-0.2, 0) is 9.59 Å². The highest BCUT2D eigenvalue weighted by molar-refractivity contribution is 9.10. The monoisotopic (exact) mass is 479 g/mol. The number of ether oxygens (including phenoxy) is 1. The quantitative estimate of drug-likeness (QED) is 0.537. The van der Waals surface area contributed by atoms with Crippen molar-refractivity contribution < 1.29 is 14.3 Å². The van der Waals surface area contributed by atoms with Crippen molar-refractivity contribution in [2.45, 2.75) is 25.9 Å². The zero-order valence-corrected chi connectivity index (χ0v) is 18.6. The van der Waals surface area contributed by atoms with Gasteiger partial charge in [-0.25, -0.2) is 4.98 Å². The van der Waals surface area contributed by atoms with Crippen molar-refractivity contribution in [3.63, 3.8) is 0 Å². The van der Waals surface area contributed by atoms with E-state index >= 15 is 0 Å². The molecule has 31 heavy (non-hydrogen) atoms. The highest BCUT2D eigenvalue weighted by Gasteiger charge is 2.36. The average Bonchev–Trinajstić information content (AvgIpc) is 2.78. The number of nitrogens with one attached hydrogen (secondary N) is 1. The van der Waals surface area contributed by atoms with Crippen molar-refractivity contribution >= 4 is 39.2 Å². The third-order valence-corrected chi connectivity index (χ3v) is 5.96. The molecule has 2 aromatic carbocycles. The fraction of sp³-hybridized carbons (Fsp3) is 0.208. The van der Waals surface area contributed by atoms with Gasteiger partial charge in [-0.15, -0.1) is 0 Å². The summed E-state index contributed by atoms with van der Waals surface area (Å²) in [6.45, 7) is 2.35. The van der Waals surface area contributed by atoms with E-state index in [0.29, 0.717) is 24.5 Å². The number of hydrogen-bond acceptors (Lipinski definition) is 4. The summed E-state index contributed by atoms with van der Waals surface area (Å²) in [6.07, 6.45) is 1.70. The molecule has 2 heterocycles. The van der Waals surface area contributed by atoms with Crippen LogP contribution in [0.4, 0.5) is 11.5 Å². The van der Waals surface area contributed by atoms with E-state index in [4.69, 9.17) is 4.74 Å². The third-order valence-electron chi connectivity index (χ3n) is 5.07. The molecule has 0 spiro atoms. The van der Waals surface area contributed by atoms with Crippen molar-refractivity contribution in [2.24, 2.45) is 0 Å². The molecule has 1 aliphatic heterocycles. The molecule has 158 valence electrons. The van der Waals surface area contributed by atoms with Crippen LogP contribution in [0.2, 0.25) is 0 Å². The first kappa shape index (κ1) is 21.1. The molecule has 0 saturated carbocycles. The van der Waals surface area contributed by atoms with Crippen LogP contribution < -0.4 is 15.0 Å². The summed E-state index contributed by atoms with van der Waals surface area (Å²) in [5.74, 6) is 0.777. The van der Waals surface area contributed by atoms with Crippen LogP contribution in [0.25, 0.3) is 0 Å². The first-order valence-electron chi connectivity index (χ1n) is 10.1. The van der Waals surface area contributed by atoms with Crippen molar-refractivity contribution in [3.05, 3.63) is 82.5 Å². The summed E-state index contributed by atoms with van der Waals surface area (Å²) in [5.41, 5.74) is 2.59. The molecule has 2 amide bonds. The number of aryl methyl sites for hydroxylation is 1.